The number of rotatable bonds is 4. The van der Waals surface area contributed by atoms with Gasteiger partial charge in [0.15, 0.2) is 0 Å². The zero-order chi connectivity index (χ0) is 14.7. The second-order valence-electron chi connectivity index (χ2n) is 5.31. The lowest BCUT2D eigenvalue weighted by Crippen LogP contribution is -2.06. The Balaban J connectivity index is 1.59. The largest absolute Gasteiger partial charge is 0.338 e. The van der Waals surface area contributed by atoms with Crippen molar-refractivity contribution < 1.29 is 9.63 Å². The molecular formula is C18H17NO2. The molecule has 0 bridgehead atoms. The van der Waals surface area contributed by atoms with Crippen LogP contribution >= 0.6 is 0 Å². The first-order valence-corrected chi connectivity index (χ1v) is 7.11. The molecule has 0 heterocycles. The van der Waals surface area contributed by atoms with Gasteiger partial charge in [0.1, 0.15) is 0 Å². The van der Waals surface area contributed by atoms with Gasteiger partial charge in [0, 0.05) is 0 Å². The fraction of sp³-hybridized carbons (Fsp3) is 0.222. The molecule has 0 N–H and O–H groups in total. The maximum atomic E-state index is 12.0. The van der Waals surface area contributed by atoms with Gasteiger partial charge in [-0.1, -0.05) is 65.8 Å². The first kappa shape index (κ1) is 13.6. The molecule has 0 aliphatic heterocycles. The molecule has 2 aromatic carbocycles. The Kier molecular flexibility index (Phi) is 3.82. The maximum Gasteiger partial charge on any atom is 0.338 e. The third-order valence-electron chi connectivity index (χ3n) is 3.79. The summed E-state index contributed by atoms with van der Waals surface area (Å²) in [6.07, 6.45) is 0.850. The predicted octanol–water partition coefficient (Wildman–Crippen LogP) is 3.76. The molecule has 106 valence electrons. The molecule has 3 heteroatoms. The Hall–Kier alpha value is -2.42. The van der Waals surface area contributed by atoms with Crippen molar-refractivity contribution >= 4 is 11.7 Å². The van der Waals surface area contributed by atoms with E-state index in [0.29, 0.717) is 5.71 Å². The summed E-state index contributed by atoms with van der Waals surface area (Å²) in [5.41, 5.74) is 2.87. The molecule has 2 atom stereocenters. The van der Waals surface area contributed by atoms with Gasteiger partial charge in [-0.2, -0.15) is 0 Å². The minimum atomic E-state index is -0.237. The number of hydrogen-bond acceptors (Lipinski definition) is 3. The van der Waals surface area contributed by atoms with E-state index in [0.717, 1.165) is 12.0 Å². The van der Waals surface area contributed by atoms with Crippen molar-refractivity contribution in [2.45, 2.75) is 19.3 Å². The Bertz CT molecular complexity index is 649. The van der Waals surface area contributed by atoms with Gasteiger partial charge in [0.2, 0.25) is 0 Å². The highest BCUT2D eigenvalue weighted by Gasteiger charge is 2.45. The molecule has 0 saturated heterocycles. The second-order valence-corrected chi connectivity index (χ2v) is 5.31. The summed E-state index contributed by atoms with van der Waals surface area (Å²) in [6.45, 7) is 1.84. The van der Waals surface area contributed by atoms with Gasteiger partial charge < -0.3 is 4.84 Å². The van der Waals surface area contributed by atoms with Crippen LogP contribution in [0.2, 0.25) is 0 Å². The topological polar surface area (TPSA) is 38.7 Å². The van der Waals surface area contributed by atoms with Crippen molar-refractivity contribution in [2.24, 2.45) is 11.1 Å². The number of oxime groups is 1. The van der Waals surface area contributed by atoms with Gasteiger partial charge in [0.05, 0.1) is 11.6 Å². The normalized spacial score (nSPS) is 20.9. The molecule has 0 radical (unpaired) electrons. The molecule has 21 heavy (non-hydrogen) atoms. The SMILES string of the molecule is C/C(=N\OC(=O)C1CC1c1ccccc1)c1ccccc1. The zero-order valence-corrected chi connectivity index (χ0v) is 11.9. The van der Waals surface area contributed by atoms with Crippen LogP contribution in [0.1, 0.15) is 30.4 Å². The molecule has 1 fully saturated rings. The van der Waals surface area contributed by atoms with Gasteiger partial charge in [-0.25, -0.2) is 4.79 Å². The van der Waals surface area contributed by atoms with Crippen molar-refractivity contribution in [2.75, 3.05) is 0 Å². The highest BCUT2D eigenvalue weighted by atomic mass is 16.7. The van der Waals surface area contributed by atoms with Gasteiger partial charge in [-0.3, -0.25) is 0 Å². The van der Waals surface area contributed by atoms with Crippen LogP contribution in [0.15, 0.2) is 65.8 Å². The summed E-state index contributed by atoms with van der Waals surface area (Å²) in [7, 11) is 0. The van der Waals surface area contributed by atoms with Crippen LogP contribution in [-0.4, -0.2) is 11.7 Å². The van der Waals surface area contributed by atoms with Crippen LogP contribution in [0.3, 0.4) is 0 Å². The number of carbonyl (C=O) groups excluding carboxylic acids is 1. The van der Waals surface area contributed by atoms with Crippen molar-refractivity contribution in [1.29, 1.82) is 0 Å². The first-order valence-electron chi connectivity index (χ1n) is 7.11. The molecule has 1 aliphatic rings. The standard InChI is InChI=1S/C18H17NO2/c1-13(14-8-4-2-5-9-14)19-21-18(20)17-12-16(17)15-10-6-3-7-11-15/h2-11,16-17H,12H2,1H3/b19-13+. The van der Waals surface area contributed by atoms with Crippen molar-refractivity contribution in [3.8, 4) is 0 Å². The van der Waals surface area contributed by atoms with E-state index in [9.17, 15) is 4.79 Å². The van der Waals surface area contributed by atoms with Gasteiger partial charge >= 0.3 is 5.97 Å². The Morgan fingerprint density at radius 3 is 2.33 bits per heavy atom. The van der Waals surface area contributed by atoms with E-state index in [1.165, 1.54) is 5.56 Å². The van der Waals surface area contributed by atoms with Crippen molar-refractivity contribution in [3.63, 3.8) is 0 Å². The number of hydrogen-bond donors (Lipinski definition) is 0. The van der Waals surface area contributed by atoms with Gasteiger partial charge in [0.25, 0.3) is 0 Å². The number of nitrogens with zero attached hydrogens (tertiary/aromatic N) is 1. The Morgan fingerprint density at radius 1 is 1.05 bits per heavy atom. The first-order chi connectivity index (χ1) is 10.3. The molecule has 0 aromatic heterocycles. The smallest absolute Gasteiger partial charge is 0.318 e. The summed E-state index contributed by atoms with van der Waals surface area (Å²) in [5, 5.41) is 3.95. The van der Waals surface area contributed by atoms with Crippen LogP contribution in [-0.2, 0) is 9.63 Å². The van der Waals surface area contributed by atoms with E-state index < -0.39 is 0 Å². The van der Waals surface area contributed by atoms with E-state index >= 15 is 0 Å². The number of benzene rings is 2. The molecule has 0 amide bonds. The summed E-state index contributed by atoms with van der Waals surface area (Å²) in [6, 6.07) is 19.8. The summed E-state index contributed by atoms with van der Waals surface area (Å²) in [5.74, 6) is -0.00945. The van der Waals surface area contributed by atoms with E-state index in [2.05, 4.69) is 17.3 Å². The van der Waals surface area contributed by atoms with Crippen molar-refractivity contribution in [3.05, 3.63) is 71.8 Å². The van der Waals surface area contributed by atoms with Crippen LogP contribution in [0.25, 0.3) is 0 Å². The second kappa shape index (κ2) is 5.92. The molecule has 1 aliphatic carbocycles. The lowest BCUT2D eigenvalue weighted by molar-refractivity contribution is -0.145. The summed E-state index contributed by atoms with van der Waals surface area (Å²) < 4.78 is 0. The predicted molar refractivity (Wildman–Crippen MR) is 82.0 cm³/mol. The van der Waals surface area contributed by atoms with Crippen LogP contribution in [0.5, 0.6) is 0 Å². The number of carbonyl (C=O) groups is 1. The minimum absolute atomic E-state index is 0.0558. The van der Waals surface area contributed by atoms with Crippen LogP contribution in [0, 0.1) is 5.92 Å². The van der Waals surface area contributed by atoms with Crippen LogP contribution < -0.4 is 0 Å². The fourth-order valence-electron chi connectivity index (χ4n) is 2.44. The van der Waals surface area contributed by atoms with Crippen LogP contribution in [0.4, 0.5) is 0 Å². The minimum Gasteiger partial charge on any atom is -0.318 e. The third-order valence-corrected chi connectivity index (χ3v) is 3.79. The van der Waals surface area contributed by atoms with E-state index in [4.69, 9.17) is 4.84 Å². The summed E-state index contributed by atoms with van der Waals surface area (Å²) in [4.78, 5) is 17.1. The summed E-state index contributed by atoms with van der Waals surface area (Å²) >= 11 is 0. The van der Waals surface area contributed by atoms with E-state index in [1.807, 2.05) is 55.5 Å². The van der Waals surface area contributed by atoms with Gasteiger partial charge in [-0.15, -0.1) is 0 Å². The molecular weight excluding hydrogens is 262 g/mol. The Morgan fingerprint density at radius 2 is 1.67 bits per heavy atom. The molecule has 0 spiro atoms. The average molecular weight is 279 g/mol. The highest BCUT2D eigenvalue weighted by molar-refractivity contribution is 5.98. The Labute approximate surface area is 124 Å². The molecule has 3 rings (SSSR count). The van der Waals surface area contributed by atoms with Crippen molar-refractivity contribution in [1.82, 2.24) is 0 Å². The monoisotopic (exact) mass is 279 g/mol. The highest BCUT2D eigenvalue weighted by Crippen LogP contribution is 2.48. The lowest BCUT2D eigenvalue weighted by Gasteiger charge is -2.01. The average Bonchev–Trinajstić information content (AvgIpc) is 3.35. The quantitative estimate of drug-likeness (QED) is 0.485. The maximum absolute atomic E-state index is 12.0. The van der Waals surface area contributed by atoms with E-state index in [1.54, 1.807) is 0 Å². The third kappa shape index (κ3) is 3.19. The molecule has 2 aromatic rings. The molecule has 3 nitrogen and oxygen atoms in total. The van der Waals surface area contributed by atoms with E-state index in [-0.39, 0.29) is 17.8 Å². The lowest BCUT2D eigenvalue weighted by atomic mass is 10.1. The molecule has 2 unspecified atom stereocenters. The van der Waals surface area contributed by atoms with Gasteiger partial charge in [-0.05, 0) is 30.4 Å². The zero-order valence-electron chi connectivity index (χ0n) is 11.9. The molecule has 1 saturated carbocycles. The fourth-order valence-corrected chi connectivity index (χ4v) is 2.44.